The fourth-order valence-electron chi connectivity index (χ4n) is 7.45. The van der Waals surface area contributed by atoms with Gasteiger partial charge in [-0.3, -0.25) is 0 Å². The van der Waals surface area contributed by atoms with Crippen LogP contribution in [0.5, 0.6) is 0 Å². The van der Waals surface area contributed by atoms with Crippen LogP contribution < -0.4 is 0 Å². The standard InChI is InChI=1S/C22H35O2S/c1-16-19-12-17-11-18(13-19)15-21(16,14-17)24-20(23)22(7-3-4-8-22)25-9-5-2-6-10-25/h16-19H,2-15H2,1H3/q+1. The van der Waals surface area contributed by atoms with Crippen molar-refractivity contribution >= 4 is 16.9 Å². The number of hydrogen-bond donors (Lipinski definition) is 0. The topological polar surface area (TPSA) is 26.3 Å². The highest BCUT2D eigenvalue weighted by Gasteiger charge is 2.62. The van der Waals surface area contributed by atoms with E-state index in [4.69, 9.17) is 4.74 Å². The number of esters is 1. The molecule has 0 aromatic heterocycles. The summed E-state index contributed by atoms with van der Waals surface area (Å²) in [6.07, 6.45) is 15.4. The zero-order valence-electron chi connectivity index (χ0n) is 15.9. The molecule has 5 saturated carbocycles. The summed E-state index contributed by atoms with van der Waals surface area (Å²) in [6, 6.07) is 0. The molecule has 0 radical (unpaired) electrons. The highest BCUT2D eigenvalue weighted by atomic mass is 32.2. The van der Waals surface area contributed by atoms with Crippen LogP contribution in [-0.2, 0) is 20.4 Å². The average molecular weight is 364 g/mol. The summed E-state index contributed by atoms with van der Waals surface area (Å²) >= 11 is 0. The zero-order valence-corrected chi connectivity index (χ0v) is 16.8. The molecule has 1 heterocycles. The van der Waals surface area contributed by atoms with Gasteiger partial charge in [-0.2, -0.15) is 0 Å². The van der Waals surface area contributed by atoms with Gasteiger partial charge in [0.25, 0.3) is 0 Å². The normalized spacial score (nSPS) is 45.6. The summed E-state index contributed by atoms with van der Waals surface area (Å²) in [6.45, 7) is 2.40. The zero-order chi connectivity index (χ0) is 17.1. The minimum Gasteiger partial charge on any atom is -0.455 e. The molecule has 6 fully saturated rings. The molecule has 140 valence electrons. The van der Waals surface area contributed by atoms with Crippen molar-refractivity contribution in [1.82, 2.24) is 0 Å². The molecule has 1 saturated heterocycles. The second kappa shape index (κ2) is 6.17. The number of hydrogen-bond acceptors (Lipinski definition) is 2. The second-order valence-electron chi connectivity index (χ2n) is 10.0. The van der Waals surface area contributed by atoms with Crippen molar-refractivity contribution in [3.63, 3.8) is 0 Å². The Morgan fingerprint density at radius 3 is 2.20 bits per heavy atom. The molecule has 4 bridgehead atoms. The molecule has 0 spiro atoms. The van der Waals surface area contributed by atoms with Gasteiger partial charge in [0.2, 0.25) is 4.75 Å². The summed E-state index contributed by atoms with van der Waals surface area (Å²) in [5.74, 6) is 5.96. The Hall–Kier alpha value is -0.180. The van der Waals surface area contributed by atoms with Crippen molar-refractivity contribution in [3.8, 4) is 0 Å². The summed E-state index contributed by atoms with van der Waals surface area (Å²) in [7, 11) is 0.293. The van der Waals surface area contributed by atoms with Crippen LogP contribution in [0.15, 0.2) is 0 Å². The van der Waals surface area contributed by atoms with Gasteiger partial charge in [0.05, 0.1) is 0 Å². The predicted molar refractivity (Wildman–Crippen MR) is 104 cm³/mol. The van der Waals surface area contributed by atoms with Gasteiger partial charge in [0, 0.05) is 23.7 Å². The lowest BCUT2D eigenvalue weighted by Crippen LogP contribution is -2.61. The molecule has 0 amide bonds. The van der Waals surface area contributed by atoms with E-state index in [-0.39, 0.29) is 16.3 Å². The van der Waals surface area contributed by atoms with Crippen LogP contribution in [-0.4, -0.2) is 27.8 Å². The predicted octanol–water partition coefficient (Wildman–Crippen LogP) is 4.86. The summed E-state index contributed by atoms with van der Waals surface area (Å²) < 4.78 is 6.59. The van der Waals surface area contributed by atoms with Crippen molar-refractivity contribution in [2.24, 2.45) is 23.7 Å². The van der Waals surface area contributed by atoms with Gasteiger partial charge in [-0.05, 0) is 87.9 Å². The first kappa shape index (κ1) is 17.0. The fraction of sp³-hybridized carbons (Fsp3) is 0.955. The summed E-state index contributed by atoms with van der Waals surface area (Å²) in [5.41, 5.74) is -0.0828. The van der Waals surface area contributed by atoms with Crippen molar-refractivity contribution in [1.29, 1.82) is 0 Å². The largest absolute Gasteiger partial charge is 0.455 e. The van der Waals surface area contributed by atoms with Crippen LogP contribution in [0.3, 0.4) is 0 Å². The van der Waals surface area contributed by atoms with E-state index in [1.807, 2.05) is 0 Å². The minimum atomic E-state index is -0.0828. The van der Waals surface area contributed by atoms with E-state index < -0.39 is 0 Å². The fourth-order valence-corrected chi connectivity index (χ4v) is 10.7. The first-order valence-electron chi connectivity index (χ1n) is 11.0. The SMILES string of the molecule is CC1C2CC3CC(C2)CC1(OC(=O)C1([S+]2CCCCC2)CCCC1)C3. The number of ether oxygens (including phenoxy) is 1. The van der Waals surface area contributed by atoms with Gasteiger partial charge < -0.3 is 4.74 Å². The summed E-state index contributed by atoms with van der Waals surface area (Å²) in [5, 5.41) is 0. The van der Waals surface area contributed by atoms with Crippen LogP contribution in [0, 0.1) is 23.7 Å². The lowest BCUT2D eigenvalue weighted by molar-refractivity contribution is -0.207. The lowest BCUT2D eigenvalue weighted by atomic mass is 9.50. The van der Waals surface area contributed by atoms with Crippen molar-refractivity contribution < 1.29 is 9.53 Å². The van der Waals surface area contributed by atoms with E-state index in [9.17, 15) is 4.79 Å². The Labute approximate surface area is 156 Å². The van der Waals surface area contributed by atoms with E-state index in [1.54, 1.807) is 0 Å². The molecular formula is C22H35O2S+. The van der Waals surface area contributed by atoms with Gasteiger partial charge in [0.1, 0.15) is 17.1 Å². The van der Waals surface area contributed by atoms with E-state index in [0.29, 0.717) is 16.8 Å². The van der Waals surface area contributed by atoms with Gasteiger partial charge in [-0.25, -0.2) is 4.79 Å². The first-order valence-corrected chi connectivity index (χ1v) is 12.6. The molecule has 1 aliphatic heterocycles. The van der Waals surface area contributed by atoms with Crippen LogP contribution in [0.25, 0.3) is 0 Å². The van der Waals surface area contributed by atoms with Crippen LogP contribution >= 0.6 is 0 Å². The maximum Gasteiger partial charge on any atom is 0.363 e. The quantitative estimate of drug-likeness (QED) is 0.529. The molecule has 25 heavy (non-hydrogen) atoms. The molecule has 3 unspecified atom stereocenters. The Balaban J connectivity index is 1.39. The molecule has 2 nitrogen and oxygen atoms in total. The molecule has 5 aliphatic carbocycles. The third-order valence-corrected chi connectivity index (χ3v) is 11.9. The minimum absolute atomic E-state index is 0.0799. The van der Waals surface area contributed by atoms with E-state index in [2.05, 4.69) is 6.92 Å². The van der Waals surface area contributed by atoms with Gasteiger partial charge in [-0.1, -0.05) is 6.92 Å². The second-order valence-corrected chi connectivity index (χ2v) is 12.6. The van der Waals surface area contributed by atoms with E-state index in [1.165, 1.54) is 75.7 Å². The summed E-state index contributed by atoms with van der Waals surface area (Å²) in [4.78, 5) is 13.7. The highest BCUT2D eigenvalue weighted by Crippen LogP contribution is 2.60. The molecule has 0 N–H and O–H groups in total. The molecule has 0 aromatic carbocycles. The molecule has 3 heteroatoms. The number of carbonyl (C=O) groups excluding carboxylic acids is 1. The monoisotopic (exact) mass is 363 g/mol. The molecule has 3 atom stereocenters. The van der Waals surface area contributed by atoms with Crippen molar-refractivity contribution in [3.05, 3.63) is 0 Å². The Morgan fingerprint density at radius 1 is 0.920 bits per heavy atom. The van der Waals surface area contributed by atoms with Gasteiger partial charge >= 0.3 is 5.97 Å². The Bertz CT molecular complexity index is 518. The van der Waals surface area contributed by atoms with E-state index >= 15 is 0 Å². The Kier molecular flexibility index (Phi) is 4.19. The highest BCUT2D eigenvalue weighted by molar-refractivity contribution is 7.98. The van der Waals surface area contributed by atoms with Gasteiger partial charge in [0.15, 0.2) is 0 Å². The van der Waals surface area contributed by atoms with Crippen LogP contribution in [0.4, 0.5) is 0 Å². The van der Waals surface area contributed by atoms with Crippen molar-refractivity contribution in [2.45, 2.75) is 94.3 Å². The first-order chi connectivity index (χ1) is 12.1. The van der Waals surface area contributed by atoms with Crippen LogP contribution in [0.1, 0.15) is 84.0 Å². The molecule has 6 rings (SSSR count). The third kappa shape index (κ3) is 2.62. The number of rotatable bonds is 3. The number of carbonyl (C=O) groups is 1. The lowest BCUT2D eigenvalue weighted by Gasteiger charge is -2.59. The van der Waals surface area contributed by atoms with Crippen LogP contribution in [0.2, 0.25) is 0 Å². The van der Waals surface area contributed by atoms with Crippen molar-refractivity contribution in [2.75, 3.05) is 11.5 Å². The Morgan fingerprint density at radius 2 is 1.56 bits per heavy atom. The third-order valence-electron chi connectivity index (χ3n) is 8.66. The molecule has 0 aromatic rings. The van der Waals surface area contributed by atoms with E-state index in [0.717, 1.165) is 30.6 Å². The maximum atomic E-state index is 13.7. The average Bonchev–Trinajstić information content (AvgIpc) is 3.11. The smallest absolute Gasteiger partial charge is 0.363 e. The molecular weight excluding hydrogens is 328 g/mol. The molecule has 6 aliphatic rings. The maximum absolute atomic E-state index is 13.7. The van der Waals surface area contributed by atoms with Gasteiger partial charge in [-0.15, -0.1) is 0 Å².